The van der Waals surface area contributed by atoms with Gasteiger partial charge in [0.25, 0.3) is 0 Å². The maximum absolute atomic E-state index is 9.35. The number of rotatable bonds is 4. The normalized spacial score (nSPS) is 15.0. The first-order chi connectivity index (χ1) is 6.24. The van der Waals surface area contributed by atoms with Crippen LogP contribution >= 0.6 is 0 Å². The van der Waals surface area contributed by atoms with E-state index in [1.54, 1.807) is 6.92 Å². The smallest absolute Gasteiger partial charge is 0.124 e. The highest BCUT2D eigenvalue weighted by Crippen LogP contribution is 2.14. The summed E-state index contributed by atoms with van der Waals surface area (Å²) in [4.78, 5) is 0. The molecule has 0 fully saturated rings. The van der Waals surface area contributed by atoms with Crippen molar-refractivity contribution in [1.82, 2.24) is 0 Å². The van der Waals surface area contributed by atoms with Gasteiger partial charge in [0.15, 0.2) is 0 Å². The van der Waals surface area contributed by atoms with E-state index < -0.39 is 6.10 Å². The molecule has 72 valence electrons. The summed E-state index contributed by atoms with van der Waals surface area (Å²) in [7, 11) is 0. The fourth-order valence-electron chi connectivity index (χ4n) is 1.20. The van der Waals surface area contributed by atoms with Crippen LogP contribution in [0.1, 0.15) is 20.3 Å². The Balaban J connectivity index is 2.57. The number of benzene rings is 1. The van der Waals surface area contributed by atoms with Gasteiger partial charge < -0.3 is 9.84 Å². The third-order valence-electron chi connectivity index (χ3n) is 1.97. The van der Waals surface area contributed by atoms with Crippen molar-refractivity contribution < 1.29 is 9.84 Å². The summed E-state index contributed by atoms with van der Waals surface area (Å²) in [6.45, 7) is 3.75. The highest BCUT2D eigenvalue weighted by Gasteiger charge is 2.13. The Labute approximate surface area is 79.2 Å². The lowest BCUT2D eigenvalue weighted by atomic mass is 10.2. The van der Waals surface area contributed by atoms with Crippen LogP contribution in [-0.2, 0) is 0 Å². The number of hydrogen-bond acceptors (Lipinski definition) is 2. The molecule has 0 heterocycles. The van der Waals surface area contributed by atoms with E-state index in [2.05, 4.69) is 0 Å². The van der Waals surface area contributed by atoms with Gasteiger partial charge in [0.1, 0.15) is 11.9 Å². The van der Waals surface area contributed by atoms with E-state index >= 15 is 0 Å². The Morgan fingerprint density at radius 2 is 1.92 bits per heavy atom. The number of aliphatic hydroxyl groups excluding tert-OH is 1. The second kappa shape index (κ2) is 4.87. The standard InChI is InChI=1S/C11H16O2/c1-3-11(9(2)12)13-10-7-5-4-6-8-10/h4-9,11-12H,3H2,1-2H3. The summed E-state index contributed by atoms with van der Waals surface area (Å²) in [6, 6.07) is 9.57. The SMILES string of the molecule is CCC(Oc1ccccc1)C(C)O. The van der Waals surface area contributed by atoms with Gasteiger partial charge in [-0.2, -0.15) is 0 Å². The molecule has 0 radical (unpaired) electrons. The molecule has 0 bridgehead atoms. The van der Waals surface area contributed by atoms with E-state index in [0.29, 0.717) is 0 Å². The van der Waals surface area contributed by atoms with Gasteiger partial charge in [0.05, 0.1) is 6.10 Å². The molecule has 1 rings (SSSR count). The summed E-state index contributed by atoms with van der Waals surface area (Å²) in [5, 5.41) is 9.35. The van der Waals surface area contributed by atoms with Crippen molar-refractivity contribution in [2.24, 2.45) is 0 Å². The molecule has 0 aliphatic heterocycles. The topological polar surface area (TPSA) is 29.5 Å². The van der Waals surface area contributed by atoms with E-state index in [-0.39, 0.29) is 6.10 Å². The fraction of sp³-hybridized carbons (Fsp3) is 0.455. The molecule has 0 saturated heterocycles. The van der Waals surface area contributed by atoms with Crippen molar-refractivity contribution in [2.45, 2.75) is 32.5 Å². The van der Waals surface area contributed by atoms with Crippen molar-refractivity contribution in [2.75, 3.05) is 0 Å². The third-order valence-corrected chi connectivity index (χ3v) is 1.97. The maximum Gasteiger partial charge on any atom is 0.124 e. The summed E-state index contributed by atoms with van der Waals surface area (Å²) in [5.41, 5.74) is 0. The van der Waals surface area contributed by atoms with Crippen molar-refractivity contribution in [3.8, 4) is 5.75 Å². The summed E-state index contributed by atoms with van der Waals surface area (Å²) in [5.74, 6) is 0.815. The Kier molecular flexibility index (Phi) is 3.77. The Hall–Kier alpha value is -1.02. The monoisotopic (exact) mass is 180 g/mol. The van der Waals surface area contributed by atoms with Gasteiger partial charge in [0, 0.05) is 0 Å². The van der Waals surface area contributed by atoms with E-state index in [1.807, 2.05) is 37.3 Å². The van der Waals surface area contributed by atoms with Crippen LogP contribution in [0.4, 0.5) is 0 Å². The van der Waals surface area contributed by atoms with Crippen LogP contribution in [0.3, 0.4) is 0 Å². The first-order valence-corrected chi connectivity index (χ1v) is 4.63. The van der Waals surface area contributed by atoms with Gasteiger partial charge in [-0.15, -0.1) is 0 Å². The quantitative estimate of drug-likeness (QED) is 0.769. The average Bonchev–Trinajstić information content (AvgIpc) is 2.15. The molecule has 2 nitrogen and oxygen atoms in total. The minimum Gasteiger partial charge on any atom is -0.488 e. The Morgan fingerprint density at radius 1 is 1.31 bits per heavy atom. The van der Waals surface area contributed by atoms with Crippen LogP contribution in [0.5, 0.6) is 5.75 Å². The van der Waals surface area contributed by atoms with Crippen LogP contribution in [0.25, 0.3) is 0 Å². The first kappa shape index (κ1) is 10.1. The van der Waals surface area contributed by atoms with Gasteiger partial charge in [-0.1, -0.05) is 25.1 Å². The molecule has 0 spiro atoms. The van der Waals surface area contributed by atoms with Gasteiger partial charge in [-0.05, 0) is 25.5 Å². The Bertz CT molecular complexity index is 231. The number of aliphatic hydroxyl groups is 1. The molecule has 13 heavy (non-hydrogen) atoms. The molecule has 2 unspecified atom stereocenters. The zero-order valence-corrected chi connectivity index (χ0v) is 8.10. The largest absolute Gasteiger partial charge is 0.488 e. The van der Waals surface area contributed by atoms with E-state index in [1.165, 1.54) is 0 Å². The van der Waals surface area contributed by atoms with Crippen molar-refractivity contribution in [3.63, 3.8) is 0 Å². The molecule has 2 atom stereocenters. The molecular formula is C11H16O2. The molecule has 0 aliphatic carbocycles. The summed E-state index contributed by atoms with van der Waals surface area (Å²) in [6.07, 6.45) is 0.277. The van der Waals surface area contributed by atoms with Gasteiger partial charge in [-0.25, -0.2) is 0 Å². The molecule has 0 saturated carbocycles. The van der Waals surface area contributed by atoms with Crippen molar-refractivity contribution in [1.29, 1.82) is 0 Å². The highest BCUT2D eigenvalue weighted by atomic mass is 16.5. The van der Waals surface area contributed by atoms with Gasteiger partial charge in [0.2, 0.25) is 0 Å². The molecule has 1 aromatic rings. The lowest BCUT2D eigenvalue weighted by molar-refractivity contribution is 0.0465. The number of ether oxygens (including phenoxy) is 1. The average molecular weight is 180 g/mol. The predicted molar refractivity (Wildman–Crippen MR) is 52.8 cm³/mol. The lowest BCUT2D eigenvalue weighted by Crippen LogP contribution is -2.28. The fourth-order valence-corrected chi connectivity index (χ4v) is 1.20. The molecule has 0 aromatic heterocycles. The van der Waals surface area contributed by atoms with Gasteiger partial charge >= 0.3 is 0 Å². The number of para-hydroxylation sites is 1. The van der Waals surface area contributed by atoms with Crippen LogP contribution in [-0.4, -0.2) is 17.3 Å². The molecule has 1 N–H and O–H groups in total. The highest BCUT2D eigenvalue weighted by molar-refractivity contribution is 5.21. The van der Waals surface area contributed by atoms with E-state index in [4.69, 9.17) is 4.74 Å². The minimum absolute atomic E-state index is 0.109. The summed E-state index contributed by atoms with van der Waals surface area (Å²) < 4.78 is 5.58. The van der Waals surface area contributed by atoms with E-state index in [0.717, 1.165) is 12.2 Å². The van der Waals surface area contributed by atoms with Crippen LogP contribution < -0.4 is 4.74 Å². The molecular weight excluding hydrogens is 164 g/mol. The second-order valence-corrected chi connectivity index (χ2v) is 3.12. The van der Waals surface area contributed by atoms with Crippen LogP contribution in [0.15, 0.2) is 30.3 Å². The first-order valence-electron chi connectivity index (χ1n) is 4.63. The number of hydrogen-bond donors (Lipinski definition) is 1. The summed E-state index contributed by atoms with van der Waals surface area (Å²) >= 11 is 0. The zero-order chi connectivity index (χ0) is 9.68. The predicted octanol–water partition coefficient (Wildman–Crippen LogP) is 2.22. The third kappa shape index (κ3) is 3.07. The van der Waals surface area contributed by atoms with Crippen molar-refractivity contribution in [3.05, 3.63) is 30.3 Å². The molecule has 0 amide bonds. The lowest BCUT2D eigenvalue weighted by Gasteiger charge is -2.19. The maximum atomic E-state index is 9.35. The zero-order valence-electron chi connectivity index (χ0n) is 8.10. The molecule has 1 aromatic carbocycles. The van der Waals surface area contributed by atoms with Crippen LogP contribution in [0, 0.1) is 0 Å². The van der Waals surface area contributed by atoms with Crippen LogP contribution in [0.2, 0.25) is 0 Å². The minimum atomic E-state index is -0.426. The van der Waals surface area contributed by atoms with E-state index in [9.17, 15) is 5.11 Å². The second-order valence-electron chi connectivity index (χ2n) is 3.12. The Morgan fingerprint density at radius 3 is 2.38 bits per heavy atom. The molecule has 2 heteroatoms. The van der Waals surface area contributed by atoms with Crippen molar-refractivity contribution >= 4 is 0 Å². The van der Waals surface area contributed by atoms with Gasteiger partial charge in [-0.3, -0.25) is 0 Å². The molecule has 0 aliphatic rings.